The van der Waals surface area contributed by atoms with Crippen molar-refractivity contribution in [2.45, 2.75) is 92.8 Å². The maximum atomic E-state index is 13.8. The van der Waals surface area contributed by atoms with Gasteiger partial charge in [-0.25, -0.2) is 0 Å². The van der Waals surface area contributed by atoms with Crippen molar-refractivity contribution in [1.29, 1.82) is 0 Å². The number of nitrogens with one attached hydrogen (secondary N) is 2. The number of nitrogens with zero attached hydrogens (tertiary/aromatic N) is 1. The Morgan fingerprint density at radius 2 is 1.93 bits per heavy atom. The van der Waals surface area contributed by atoms with Gasteiger partial charge in [0.25, 0.3) is 0 Å². The van der Waals surface area contributed by atoms with Gasteiger partial charge in [-0.3, -0.25) is 14.4 Å². The molecule has 4 fully saturated rings. The maximum Gasteiger partial charge on any atom is 0.244 e. The molecule has 8 heteroatoms. The Morgan fingerprint density at radius 1 is 1.23 bits per heavy atom. The SMILES string of the molecule is CC[C@@H](CO)N1C(=O)[C@@H]2[C@H](C(=O)NC)[C@]3(C)CCC2(S3)C1C(=O)NC1CCCCC1. The first kappa shape index (κ1) is 21.9. The highest BCUT2D eigenvalue weighted by Crippen LogP contribution is 2.71. The summed E-state index contributed by atoms with van der Waals surface area (Å²) in [4.78, 5) is 41.9. The van der Waals surface area contributed by atoms with Crippen molar-refractivity contribution in [3.8, 4) is 0 Å². The summed E-state index contributed by atoms with van der Waals surface area (Å²) in [5, 5.41) is 16.0. The van der Waals surface area contributed by atoms with Gasteiger partial charge < -0.3 is 20.6 Å². The van der Waals surface area contributed by atoms with Gasteiger partial charge in [0.15, 0.2) is 0 Å². The fourth-order valence-corrected chi connectivity index (χ4v) is 8.90. The van der Waals surface area contributed by atoms with Gasteiger partial charge in [-0.15, -0.1) is 11.8 Å². The van der Waals surface area contributed by atoms with Gasteiger partial charge in [0.05, 0.1) is 29.2 Å². The van der Waals surface area contributed by atoms with Crippen molar-refractivity contribution in [2.75, 3.05) is 13.7 Å². The van der Waals surface area contributed by atoms with Crippen molar-refractivity contribution in [1.82, 2.24) is 15.5 Å². The Hall–Kier alpha value is -1.28. The van der Waals surface area contributed by atoms with E-state index in [2.05, 4.69) is 17.6 Å². The molecule has 0 aromatic rings. The molecule has 4 rings (SSSR count). The standard InChI is InChI=1S/C22H35N3O4S/c1-4-14(12-26)25-17(19(28)24-13-8-6-5-7-9-13)22-11-10-21(2,30-22)15(18(27)23-3)16(22)20(25)29/h13-17,26H,4-12H2,1-3H3,(H,23,27)(H,24,28)/t14-,15+,16-,17?,21-,22?/m0/s1. The number of carbonyl (C=O) groups excluding carboxylic acids is 3. The van der Waals surface area contributed by atoms with Gasteiger partial charge in [-0.05, 0) is 39.0 Å². The predicted octanol–water partition coefficient (Wildman–Crippen LogP) is 1.43. The van der Waals surface area contributed by atoms with Crippen molar-refractivity contribution in [3.05, 3.63) is 0 Å². The summed E-state index contributed by atoms with van der Waals surface area (Å²) in [5.74, 6) is -1.30. The second-order valence-electron chi connectivity index (χ2n) is 9.68. The molecule has 1 aliphatic carbocycles. The molecule has 3 N–H and O–H groups in total. The number of thioether (sulfide) groups is 1. The van der Waals surface area contributed by atoms with Gasteiger partial charge >= 0.3 is 0 Å². The zero-order valence-electron chi connectivity index (χ0n) is 18.3. The summed E-state index contributed by atoms with van der Waals surface area (Å²) in [6, 6.07) is -0.880. The quantitative estimate of drug-likeness (QED) is 0.584. The van der Waals surface area contributed by atoms with Crippen LogP contribution >= 0.6 is 11.8 Å². The molecule has 0 radical (unpaired) electrons. The number of aliphatic hydroxyl groups is 1. The molecule has 7 nitrogen and oxygen atoms in total. The summed E-state index contributed by atoms with van der Waals surface area (Å²) in [6.45, 7) is 3.82. The average molecular weight is 438 g/mol. The molecule has 0 aromatic heterocycles. The van der Waals surface area contributed by atoms with Gasteiger partial charge in [-0.2, -0.15) is 0 Å². The van der Waals surface area contributed by atoms with Crippen molar-refractivity contribution >= 4 is 29.5 Å². The lowest BCUT2D eigenvalue weighted by Crippen LogP contribution is -2.58. The minimum Gasteiger partial charge on any atom is -0.394 e. The third-order valence-corrected chi connectivity index (χ3v) is 10.0. The van der Waals surface area contributed by atoms with Crippen LogP contribution in [0.5, 0.6) is 0 Å². The second kappa shape index (κ2) is 8.01. The minimum absolute atomic E-state index is 0.0982. The van der Waals surface area contributed by atoms with E-state index in [1.807, 2.05) is 6.92 Å². The Morgan fingerprint density at radius 3 is 2.53 bits per heavy atom. The van der Waals surface area contributed by atoms with Gasteiger partial charge in [0, 0.05) is 17.8 Å². The van der Waals surface area contributed by atoms with Crippen molar-refractivity contribution in [2.24, 2.45) is 11.8 Å². The molecule has 30 heavy (non-hydrogen) atoms. The van der Waals surface area contributed by atoms with Crippen LogP contribution in [-0.2, 0) is 14.4 Å². The zero-order chi connectivity index (χ0) is 21.7. The van der Waals surface area contributed by atoms with Crippen LogP contribution in [0.25, 0.3) is 0 Å². The van der Waals surface area contributed by atoms with Crippen LogP contribution in [0.1, 0.15) is 65.2 Å². The van der Waals surface area contributed by atoms with Crippen LogP contribution in [0.2, 0.25) is 0 Å². The molecular formula is C22H35N3O4S. The first-order chi connectivity index (χ1) is 14.3. The fraction of sp³-hybridized carbons (Fsp3) is 0.864. The van der Waals surface area contributed by atoms with Gasteiger partial charge in [0.2, 0.25) is 17.7 Å². The summed E-state index contributed by atoms with van der Waals surface area (Å²) in [5.41, 5.74) is 0. The van der Waals surface area contributed by atoms with E-state index in [4.69, 9.17) is 0 Å². The van der Waals surface area contributed by atoms with E-state index in [-0.39, 0.29) is 35.1 Å². The number of hydrogen-bond donors (Lipinski definition) is 3. The summed E-state index contributed by atoms with van der Waals surface area (Å²) < 4.78 is -0.929. The zero-order valence-corrected chi connectivity index (χ0v) is 19.1. The molecule has 0 aromatic carbocycles. The molecule has 168 valence electrons. The Balaban J connectivity index is 1.72. The first-order valence-corrected chi connectivity index (χ1v) is 12.3. The lowest BCUT2D eigenvalue weighted by molar-refractivity contribution is -0.143. The lowest BCUT2D eigenvalue weighted by Gasteiger charge is -2.38. The molecule has 1 saturated carbocycles. The first-order valence-electron chi connectivity index (χ1n) is 11.5. The average Bonchev–Trinajstić information content (AvgIpc) is 3.30. The molecule has 2 unspecified atom stereocenters. The largest absolute Gasteiger partial charge is 0.394 e. The van der Waals surface area contributed by atoms with E-state index in [9.17, 15) is 19.5 Å². The predicted molar refractivity (Wildman–Crippen MR) is 116 cm³/mol. The molecular weight excluding hydrogens is 402 g/mol. The second-order valence-corrected chi connectivity index (χ2v) is 11.6. The molecule has 6 atom stereocenters. The lowest BCUT2D eigenvalue weighted by atomic mass is 9.66. The number of rotatable bonds is 6. The monoisotopic (exact) mass is 437 g/mol. The molecule has 3 heterocycles. The van der Waals surface area contributed by atoms with Crippen LogP contribution in [0, 0.1) is 11.8 Å². The highest BCUT2D eigenvalue weighted by molar-refractivity contribution is 8.02. The minimum atomic E-state index is -0.629. The smallest absolute Gasteiger partial charge is 0.244 e. The van der Waals surface area contributed by atoms with Crippen molar-refractivity contribution < 1.29 is 19.5 Å². The summed E-state index contributed by atoms with van der Waals surface area (Å²) in [6.07, 6.45) is 7.53. The van der Waals surface area contributed by atoms with E-state index in [1.54, 1.807) is 23.7 Å². The van der Waals surface area contributed by atoms with Crippen LogP contribution in [0.3, 0.4) is 0 Å². The number of fused-ring (bicyclic) bond motifs is 1. The molecule has 3 amide bonds. The normalized spacial score (nSPS) is 39.1. The third-order valence-electron chi connectivity index (χ3n) is 8.02. The highest BCUT2D eigenvalue weighted by atomic mass is 32.2. The van der Waals surface area contributed by atoms with E-state index in [0.29, 0.717) is 6.42 Å². The number of hydrogen-bond acceptors (Lipinski definition) is 5. The van der Waals surface area contributed by atoms with Gasteiger partial charge in [-0.1, -0.05) is 26.2 Å². The Bertz CT molecular complexity index is 723. The Labute approximate surface area is 183 Å². The number of carbonyl (C=O) groups is 3. The number of amides is 3. The van der Waals surface area contributed by atoms with E-state index < -0.39 is 28.7 Å². The van der Waals surface area contributed by atoms with E-state index in [0.717, 1.165) is 38.5 Å². The number of likely N-dealkylation sites (tertiary alicyclic amines) is 1. The van der Waals surface area contributed by atoms with Crippen LogP contribution in [0.4, 0.5) is 0 Å². The van der Waals surface area contributed by atoms with E-state index in [1.165, 1.54) is 6.42 Å². The molecule has 1 spiro atoms. The molecule has 3 aliphatic heterocycles. The summed E-state index contributed by atoms with van der Waals surface area (Å²) in [7, 11) is 1.61. The number of aliphatic hydroxyl groups excluding tert-OH is 1. The third kappa shape index (κ3) is 3.08. The fourth-order valence-electron chi connectivity index (χ4n) is 6.55. The van der Waals surface area contributed by atoms with Crippen LogP contribution in [0.15, 0.2) is 0 Å². The Kier molecular flexibility index (Phi) is 5.85. The van der Waals surface area contributed by atoms with Gasteiger partial charge in [0.1, 0.15) is 6.04 Å². The molecule has 3 saturated heterocycles. The summed E-state index contributed by atoms with van der Waals surface area (Å²) >= 11 is 1.68. The van der Waals surface area contributed by atoms with E-state index >= 15 is 0 Å². The van der Waals surface area contributed by atoms with Crippen LogP contribution < -0.4 is 10.6 Å². The topological polar surface area (TPSA) is 98.7 Å². The van der Waals surface area contributed by atoms with Crippen LogP contribution in [-0.4, -0.2) is 69.0 Å². The molecule has 2 bridgehead atoms. The highest BCUT2D eigenvalue weighted by Gasteiger charge is 2.77. The maximum absolute atomic E-state index is 13.8. The van der Waals surface area contributed by atoms with Crippen molar-refractivity contribution in [3.63, 3.8) is 0 Å². The molecule has 4 aliphatic rings.